The molecule has 0 saturated heterocycles. The van der Waals surface area contributed by atoms with Crippen molar-refractivity contribution < 1.29 is 14.7 Å². The van der Waals surface area contributed by atoms with Crippen LogP contribution >= 0.6 is 27.5 Å². The fraction of sp³-hybridized carbons (Fsp3) is 0.333. The Bertz CT molecular complexity index is 476. The second-order valence-corrected chi connectivity index (χ2v) is 5.42. The van der Waals surface area contributed by atoms with E-state index in [-0.39, 0.29) is 5.92 Å². The van der Waals surface area contributed by atoms with Crippen LogP contribution in [0.2, 0.25) is 5.02 Å². The lowest BCUT2D eigenvalue weighted by molar-refractivity contribution is -0.140. The summed E-state index contributed by atoms with van der Waals surface area (Å²) in [6.07, 6.45) is 0. The minimum absolute atomic E-state index is 0.192. The number of carboxylic acid groups (broad SMARTS) is 1. The first-order valence-electron chi connectivity index (χ1n) is 5.31. The van der Waals surface area contributed by atoms with Gasteiger partial charge in [0, 0.05) is 10.0 Å². The van der Waals surface area contributed by atoms with Gasteiger partial charge in [0.1, 0.15) is 6.04 Å². The molecule has 2 N–H and O–H groups in total. The van der Waals surface area contributed by atoms with Gasteiger partial charge in [-0.2, -0.15) is 0 Å². The number of nitrogens with one attached hydrogen (secondary N) is 1. The number of halogens is 2. The third kappa shape index (κ3) is 3.71. The standard InChI is InChI=1S/C12H13BrClNO3/c1-6(2)10(12(17)18)15-11(16)7-3-4-9(14)8(13)5-7/h3-6,10H,1-2H3,(H,15,16)(H,17,18)/t10-/m0/s1. The summed E-state index contributed by atoms with van der Waals surface area (Å²) in [4.78, 5) is 22.9. The molecule has 1 amide bonds. The Kier molecular flexibility index (Phi) is 5.16. The van der Waals surface area contributed by atoms with E-state index in [4.69, 9.17) is 16.7 Å². The van der Waals surface area contributed by atoms with Crippen LogP contribution in [-0.4, -0.2) is 23.0 Å². The van der Waals surface area contributed by atoms with Crippen LogP contribution in [0.25, 0.3) is 0 Å². The fourth-order valence-electron chi connectivity index (χ4n) is 1.38. The zero-order valence-corrected chi connectivity index (χ0v) is 12.2. The van der Waals surface area contributed by atoms with E-state index >= 15 is 0 Å². The number of hydrogen-bond acceptors (Lipinski definition) is 2. The Hall–Kier alpha value is -1.07. The van der Waals surface area contributed by atoms with Crippen LogP contribution in [0.1, 0.15) is 24.2 Å². The van der Waals surface area contributed by atoms with Gasteiger partial charge in [0.05, 0.1) is 5.02 Å². The molecule has 0 spiro atoms. The number of carbonyl (C=O) groups is 2. The normalized spacial score (nSPS) is 12.3. The van der Waals surface area contributed by atoms with E-state index in [9.17, 15) is 9.59 Å². The topological polar surface area (TPSA) is 66.4 Å². The van der Waals surface area contributed by atoms with Crippen molar-refractivity contribution in [3.63, 3.8) is 0 Å². The van der Waals surface area contributed by atoms with Gasteiger partial charge < -0.3 is 10.4 Å². The zero-order chi connectivity index (χ0) is 13.9. The van der Waals surface area contributed by atoms with Gasteiger partial charge in [0.15, 0.2) is 0 Å². The molecule has 1 aromatic rings. The first-order chi connectivity index (χ1) is 8.32. The fourth-order valence-corrected chi connectivity index (χ4v) is 1.87. The van der Waals surface area contributed by atoms with Crippen LogP contribution < -0.4 is 5.32 Å². The van der Waals surface area contributed by atoms with Crippen molar-refractivity contribution in [1.82, 2.24) is 5.32 Å². The maximum atomic E-state index is 11.9. The molecule has 98 valence electrons. The number of carbonyl (C=O) groups excluding carboxylic acids is 1. The Morgan fingerprint density at radius 2 is 2.00 bits per heavy atom. The van der Waals surface area contributed by atoms with Crippen LogP contribution in [0, 0.1) is 5.92 Å². The lowest BCUT2D eigenvalue weighted by Crippen LogP contribution is -2.44. The molecular weight excluding hydrogens is 321 g/mol. The third-order valence-corrected chi connectivity index (χ3v) is 3.62. The first kappa shape index (κ1) is 15.0. The first-order valence-corrected chi connectivity index (χ1v) is 6.48. The van der Waals surface area contributed by atoms with Gasteiger partial charge in [-0.15, -0.1) is 0 Å². The quantitative estimate of drug-likeness (QED) is 0.889. The minimum Gasteiger partial charge on any atom is -0.480 e. The summed E-state index contributed by atoms with van der Waals surface area (Å²) in [7, 11) is 0. The summed E-state index contributed by atoms with van der Waals surface area (Å²) in [6, 6.07) is 3.76. The molecule has 0 unspecified atom stereocenters. The second kappa shape index (κ2) is 6.20. The van der Waals surface area contributed by atoms with Crippen molar-refractivity contribution in [2.45, 2.75) is 19.9 Å². The molecule has 1 atom stereocenters. The number of amides is 1. The molecule has 0 heterocycles. The van der Waals surface area contributed by atoms with Crippen LogP contribution in [-0.2, 0) is 4.79 Å². The lowest BCUT2D eigenvalue weighted by atomic mass is 10.0. The number of benzene rings is 1. The van der Waals surface area contributed by atoms with Crippen molar-refractivity contribution in [2.24, 2.45) is 5.92 Å². The predicted octanol–water partition coefficient (Wildman–Crippen LogP) is 2.94. The minimum atomic E-state index is -1.05. The zero-order valence-electron chi connectivity index (χ0n) is 9.91. The van der Waals surface area contributed by atoms with Crippen LogP contribution in [0.4, 0.5) is 0 Å². The highest BCUT2D eigenvalue weighted by atomic mass is 79.9. The molecule has 0 radical (unpaired) electrons. The van der Waals surface area contributed by atoms with Gasteiger partial charge >= 0.3 is 5.97 Å². The van der Waals surface area contributed by atoms with Gasteiger partial charge in [0.2, 0.25) is 0 Å². The smallest absolute Gasteiger partial charge is 0.326 e. The molecule has 18 heavy (non-hydrogen) atoms. The predicted molar refractivity (Wildman–Crippen MR) is 72.9 cm³/mol. The maximum absolute atomic E-state index is 11.9. The Balaban J connectivity index is 2.87. The van der Waals surface area contributed by atoms with Gasteiger partial charge in [-0.1, -0.05) is 25.4 Å². The van der Waals surface area contributed by atoms with E-state index in [0.29, 0.717) is 15.1 Å². The molecule has 0 aliphatic rings. The molecule has 6 heteroatoms. The van der Waals surface area contributed by atoms with Gasteiger partial charge in [-0.3, -0.25) is 4.79 Å². The van der Waals surface area contributed by atoms with Crippen LogP contribution in [0.3, 0.4) is 0 Å². The van der Waals surface area contributed by atoms with E-state index < -0.39 is 17.9 Å². The lowest BCUT2D eigenvalue weighted by Gasteiger charge is -2.18. The summed E-state index contributed by atoms with van der Waals surface area (Å²) in [6.45, 7) is 3.47. The average Bonchev–Trinajstić information content (AvgIpc) is 2.28. The van der Waals surface area contributed by atoms with E-state index in [1.54, 1.807) is 32.0 Å². The highest BCUT2D eigenvalue weighted by Gasteiger charge is 2.24. The highest BCUT2D eigenvalue weighted by molar-refractivity contribution is 9.10. The SMILES string of the molecule is CC(C)[C@H](NC(=O)c1ccc(Cl)c(Br)c1)C(=O)O. The van der Waals surface area contributed by atoms with Crippen LogP contribution in [0.15, 0.2) is 22.7 Å². The number of hydrogen-bond donors (Lipinski definition) is 2. The van der Waals surface area contributed by atoms with Gasteiger partial charge in [-0.05, 0) is 40.0 Å². The molecule has 1 rings (SSSR count). The van der Waals surface area contributed by atoms with Crippen molar-refractivity contribution in [2.75, 3.05) is 0 Å². The molecule has 0 aliphatic carbocycles. The number of rotatable bonds is 4. The summed E-state index contributed by atoms with van der Waals surface area (Å²) >= 11 is 9.03. The second-order valence-electron chi connectivity index (χ2n) is 4.16. The molecule has 0 aromatic heterocycles. The Morgan fingerprint density at radius 1 is 1.39 bits per heavy atom. The molecule has 4 nitrogen and oxygen atoms in total. The Morgan fingerprint density at radius 3 is 2.44 bits per heavy atom. The van der Waals surface area contributed by atoms with Gasteiger partial charge in [-0.25, -0.2) is 4.79 Å². The summed E-state index contributed by atoms with van der Waals surface area (Å²) < 4.78 is 0.591. The van der Waals surface area contributed by atoms with Crippen molar-refractivity contribution in [1.29, 1.82) is 0 Å². The largest absolute Gasteiger partial charge is 0.480 e. The van der Waals surface area contributed by atoms with Gasteiger partial charge in [0.25, 0.3) is 5.91 Å². The van der Waals surface area contributed by atoms with E-state index in [1.165, 1.54) is 0 Å². The maximum Gasteiger partial charge on any atom is 0.326 e. The molecule has 0 bridgehead atoms. The van der Waals surface area contributed by atoms with E-state index in [0.717, 1.165) is 0 Å². The van der Waals surface area contributed by atoms with E-state index in [1.807, 2.05) is 0 Å². The molecule has 0 aliphatic heterocycles. The van der Waals surface area contributed by atoms with Crippen molar-refractivity contribution >= 4 is 39.4 Å². The summed E-state index contributed by atoms with van der Waals surface area (Å²) in [5.74, 6) is -1.68. The number of carboxylic acids is 1. The number of aliphatic carboxylic acids is 1. The molecule has 1 aromatic carbocycles. The molecule has 0 fully saturated rings. The molecular formula is C12H13BrClNO3. The van der Waals surface area contributed by atoms with Crippen molar-refractivity contribution in [3.05, 3.63) is 33.3 Å². The molecule has 0 saturated carbocycles. The summed E-state index contributed by atoms with van der Waals surface area (Å²) in [5, 5.41) is 12.0. The monoisotopic (exact) mass is 333 g/mol. The van der Waals surface area contributed by atoms with E-state index in [2.05, 4.69) is 21.2 Å². The third-order valence-electron chi connectivity index (χ3n) is 2.40. The average molecular weight is 335 g/mol. The van der Waals surface area contributed by atoms with Crippen molar-refractivity contribution in [3.8, 4) is 0 Å². The highest BCUT2D eigenvalue weighted by Crippen LogP contribution is 2.23. The Labute approximate surface area is 118 Å². The van der Waals surface area contributed by atoms with Crippen LogP contribution in [0.5, 0.6) is 0 Å². The summed E-state index contributed by atoms with van der Waals surface area (Å²) in [5.41, 5.74) is 0.359.